The Kier molecular flexibility index (Phi) is 4.42. The van der Waals surface area contributed by atoms with Crippen molar-refractivity contribution in [1.29, 1.82) is 0 Å². The van der Waals surface area contributed by atoms with Crippen LogP contribution in [0, 0.1) is 5.92 Å². The third-order valence-electron chi connectivity index (χ3n) is 3.16. The van der Waals surface area contributed by atoms with Crippen LogP contribution < -0.4 is 10.6 Å². The van der Waals surface area contributed by atoms with Gasteiger partial charge in [-0.3, -0.25) is 4.79 Å². The third-order valence-corrected chi connectivity index (χ3v) is 3.46. The van der Waals surface area contributed by atoms with Crippen LogP contribution in [0.1, 0.15) is 19.8 Å². The lowest BCUT2D eigenvalue weighted by atomic mass is 9.98. The molecule has 0 spiro atoms. The van der Waals surface area contributed by atoms with E-state index in [1.165, 1.54) is 6.33 Å². The molecule has 1 fully saturated rings. The van der Waals surface area contributed by atoms with Gasteiger partial charge in [0, 0.05) is 13.1 Å². The van der Waals surface area contributed by atoms with Gasteiger partial charge >= 0.3 is 5.97 Å². The number of carbonyl (C=O) groups excluding carboxylic acids is 1. The van der Waals surface area contributed by atoms with E-state index in [1.807, 2.05) is 4.90 Å². The number of carbonyl (C=O) groups is 1. The van der Waals surface area contributed by atoms with Gasteiger partial charge in [0.2, 0.25) is 0 Å². The Labute approximate surface area is 116 Å². The first-order valence-electron chi connectivity index (χ1n) is 6.31. The van der Waals surface area contributed by atoms with Crippen LogP contribution in [-0.2, 0) is 9.53 Å². The second-order valence-corrected chi connectivity index (χ2v) is 4.80. The predicted molar refractivity (Wildman–Crippen MR) is 73.0 cm³/mol. The van der Waals surface area contributed by atoms with Crippen LogP contribution in [0.5, 0.6) is 0 Å². The van der Waals surface area contributed by atoms with Crippen molar-refractivity contribution in [3.8, 4) is 0 Å². The van der Waals surface area contributed by atoms with E-state index in [0.717, 1.165) is 19.4 Å². The number of nitrogen functional groups attached to an aromatic ring is 1. The summed E-state index contributed by atoms with van der Waals surface area (Å²) in [5.41, 5.74) is 6.23. The Morgan fingerprint density at radius 3 is 3.16 bits per heavy atom. The summed E-state index contributed by atoms with van der Waals surface area (Å²) in [6.07, 6.45) is 3.10. The summed E-state index contributed by atoms with van der Waals surface area (Å²) >= 11 is 5.89. The Morgan fingerprint density at radius 1 is 1.63 bits per heavy atom. The number of halogens is 1. The number of esters is 1. The lowest BCUT2D eigenvalue weighted by molar-refractivity contribution is -0.148. The SMILES string of the molecule is CCOC(=O)C1CCCN(c2ncnc(Cl)c2N)C1. The Hall–Kier alpha value is -1.56. The number of anilines is 2. The molecule has 2 heterocycles. The van der Waals surface area contributed by atoms with E-state index in [2.05, 4.69) is 9.97 Å². The molecule has 1 saturated heterocycles. The summed E-state index contributed by atoms with van der Waals surface area (Å²) < 4.78 is 5.06. The van der Waals surface area contributed by atoms with Crippen LogP contribution in [0.3, 0.4) is 0 Å². The Balaban J connectivity index is 2.13. The van der Waals surface area contributed by atoms with Crippen molar-refractivity contribution in [2.75, 3.05) is 30.3 Å². The Morgan fingerprint density at radius 2 is 2.42 bits per heavy atom. The van der Waals surface area contributed by atoms with E-state index < -0.39 is 0 Å². The second-order valence-electron chi connectivity index (χ2n) is 4.44. The lowest BCUT2D eigenvalue weighted by Gasteiger charge is -2.32. The smallest absolute Gasteiger partial charge is 0.310 e. The van der Waals surface area contributed by atoms with Gasteiger partial charge < -0.3 is 15.4 Å². The van der Waals surface area contributed by atoms with E-state index in [0.29, 0.717) is 24.7 Å². The number of piperidine rings is 1. The maximum atomic E-state index is 11.8. The van der Waals surface area contributed by atoms with Crippen molar-refractivity contribution in [1.82, 2.24) is 9.97 Å². The zero-order valence-electron chi connectivity index (χ0n) is 10.8. The van der Waals surface area contributed by atoms with Gasteiger partial charge in [0.1, 0.15) is 12.0 Å². The van der Waals surface area contributed by atoms with Crippen LogP contribution >= 0.6 is 11.6 Å². The quantitative estimate of drug-likeness (QED) is 0.669. The average molecular weight is 285 g/mol. The highest BCUT2D eigenvalue weighted by molar-refractivity contribution is 6.32. The molecule has 2 rings (SSSR count). The first-order chi connectivity index (χ1) is 9.13. The minimum atomic E-state index is -0.161. The van der Waals surface area contributed by atoms with Crippen molar-refractivity contribution in [2.45, 2.75) is 19.8 Å². The van der Waals surface area contributed by atoms with E-state index in [4.69, 9.17) is 22.1 Å². The standard InChI is InChI=1S/C12H17ClN4O2/c1-2-19-12(18)8-4-3-5-17(6-8)11-9(14)10(13)15-7-16-11/h7-8H,2-6,14H2,1H3. The topological polar surface area (TPSA) is 81.3 Å². The highest BCUT2D eigenvalue weighted by Crippen LogP contribution is 2.29. The van der Waals surface area contributed by atoms with Gasteiger partial charge in [-0.15, -0.1) is 0 Å². The summed E-state index contributed by atoms with van der Waals surface area (Å²) in [4.78, 5) is 21.7. The molecule has 0 amide bonds. The fraction of sp³-hybridized carbons (Fsp3) is 0.583. The molecule has 6 nitrogen and oxygen atoms in total. The van der Waals surface area contributed by atoms with Crippen LogP contribution in [0.25, 0.3) is 0 Å². The maximum absolute atomic E-state index is 11.8. The van der Waals surface area contributed by atoms with Gasteiger partial charge in [-0.05, 0) is 19.8 Å². The summed E-state index contributed by atoms with van der Waals surface area (Å²) in [6, 6.07) is 0. The lowest BCUT2D eigenvalue weighted by Crippen LogP contribution is -2.40. The molecule has 104 valence electrons. The van der Waals surface area contributed by atoms with Gasteiger partial charge in [-0.1, -0.05) is 11.6 Å². The molecule has 0 radical (unpaired) electrons. The third kappa shape index (κ3) is 3.07. The first-order valence-corrected chi connectivity index (χ1v) is 6.68. The van der Waals surface area contributed by atoms with Gasteiger partial charge in [-0.2, -0.15) is 0 Å². The molecule has 19 heavy (non-hydrogen) atoms. The van der Waals surface area contributed by atoms with Crippen molar-refractivity contribution in [3.63, 3.8) is 0 Å². The fourth-order valence-corrected chi connectivity index (χ4v) is 2.37. The van der Waals surface area contributed by atoms with Crippen molar-refractivity contribution in [2.24, 2.45) is 5.92 Å². The summed E-state index contributed by atoms with van der Waals surface area (Å²) in [6.45, 7) is 3.56. The van der Waals surface area contributed by atoms with Gasteiger partial charge in [-0.25, -0.2) is 9.97 Å². The van der Waals surface area contributed by atoms with Gasteiger partial charge in [0.25, 0.3) is 0 Å². The van der Waals surface area contributed by atoms with E-state index in [-0.39, 0.29) is 17.0 Å². The normalized spacial score (nSPS) is 19.3. The molecular formula is C12H17ClN4O2. The summed E-state index contributed by atoms with van der Waals surface area (Å²) in [5, 5.41) is 0.239. The molecule has 1 aliphatic rings. The molecule has 1 aromatic rings. The van der Waals surface area contributed by atoms with Crippen molar-refractivity contribution >= 4 is 29.1 Å². The van der Waals surface area contributed by atoms with E-state index in [1.54, 1.807) is 6.92 Å². The van der Waals surface area contributed by atoms with Gasteiger partial charge in [0.05, 0.1) is 12.5 Å². The molecule has 0 saturated carbocycles. The van der Waals surface area contributed by atoms with Gasteiger partial charge in [0.15, 0.2) is 11.0 Å². The average Bonchev–Trinajstić information content (AvgIpc) is 2.42. The molecule has 1 aliphatic heterocycles. The van der Waals surface area contributed by atoms with Crippen LogP contribution in [-0.4, -0.2) is 35.6 Å². The minimum absolute atomic E-state index is 0.137. The van der Waals surface area contributed by atoms with E-state index in [9.17, 15) is 4.79 Å². The molecular weight excluding hydrogens is 268 g/mol. The molecule has 0 bridgehead atoms. The minimum Gasteiger partial charge on any atom is -0.466 e. The zero-order valence-corrected chi connectivity index (χ0v) is 11.6. The second kappa shape index (κ2) is 6.06. The molecule has 1 unspecified atom stereocenters. The predicted octanol–water partition coefficient (Wildman–Crippen LogP) is 1.49. The van der Waals surface area contributed by atoms with Crippen LogP contribution in [0.15, 0.2) is 6.33 Å². The number of hydrogen-bond acceptors (Lipinski definition) is 6. The monoisotopic (exact) mass is 284 g/mol. The largest absolute Gasteiger partial charge is 0.466 e. The number of hydrogen-bond donors (Lipinski definition) is 1. The molecule has 7 heteroatoms. The summed E-state index contributed by atoms with van der Waals surface area (Å²) in [5.74, 6) is 0.293. The number of aromatic nitrogens is 2. The molecule has 2 N–H and O–H groups in total. The number of rotatable bonds is 3. The summed E-state index contributed by atoms with van der Waals surface area (Å²) in [7, 11) is 0. The number of nitrogens with two attached hydrogens (primary N) is 1. The van der Waals surface area contributed by atoms with Crippen LogP contribution in [0.2, 0.25) is 5.15 Å². The first kappa shape index (κ1) is 13.9. The highest BCUT2D eigenvalue weighted by atomic mass is 35.5. The molecule has 1 aromatic heterocycles. The fourth-order valence-electron chi connectivity index (χ4n) is 2.24. The maximum Gasteiger partial charge on any atom is 0.310 e. The molecule has 0 aliphatic carbocycles. The molecule has 1 atom stereocenters. The number of ether oxygens (including phenoxy) is 1. The van der Waals surface area contributed by atoms with Crippen molar-refractivity contribution in [3.05, 3.63) is 11.5 Å². The number of nitrogens with zero attached hydrogens (tertiary/aromatic N) is 3. The Bertz CT molecular complexity index is 469. The highest BCUT2D eigenvalue weighted by Gasteiger charge is 2.28. The zero-order chi connectivity index (χ0) is 13.8. The molecule has 0 aromatic carbocycles. The van der Waals surface area contributed by atoms with Crippen LogP contribution in [0.4, 0.5) is 11.5 Å². The van der Waals surface area contributed by atoms with E-state index >= 15 is 0 Å². The van der Waals surface area contributed by atoms with Crippen molar-refractivity contribution < 1.29 is 9.53 Å².